The minimum atomic E-state index is 0.136. The lowest BCUT2D eigenvalue weighted by atomic mass is 10.0. The zero-order valence-electron chi connectivity index (χ0n) is 8.95. The molecule has 0 saturated heterocycles. The van der Waals surface area contributed by atoms with Gasteiger partial charge in [0.1, 0.15) is 0 Å². The Morgan fingerprint density at radius 2 is 2.00 bits per heavy atom. The number of aliphatic hydroxyl groups is 1. The highest BCUT2D eigenvalue weighted by Crippen LogP contribution is 2.31. The highest BCUT2D eigenvalue weighted by molar-refractivity contribution is 7.12. The summed E-state index contributed by atoms with van der Waals surface area (Å²) in [5.74, 6) is 0. The normalized spacial score (nSPS) is 10.6. The number of aliphatic hydroxyl groups excluding tert-OH is 1. The summed E-state index contributed by atoms with van der Waals surface area (Å²) in [5.41, 5.74) is 3.75. The standard InChI is InChI=1S/C13H14OS/c1-9-4-3-5-11(6-9)13-7-12(8-14)15-10(13)2/h3-7,14H,8H2,1-2H3. The SMILES string of the molecule is Cc1cccc(-c2cc(CO)sc2C)c1. The molecule has 0 aliphatic heterocycles. The molecule has 2 rings (SSSR count). The zero-order valence-corrected chi connectivity index (χ0v) is 9.77. The molecule has 1 heterocycles. The Balaban J connectivity index is 2.48. The summed E-state index contributed by atoms with van der Waals surface area (Å²) in [5, 5.41) is 9.09. The molecule has 2 aromatic rings. The molecule has 2 heteroatoms. The van der Waals surface area contributed by atoms with Crippen LogP contribution in [0.4, 0.5) is 0 Å². The van der Waals surface area contributed by atoms with E-state index >= 15 is 0 Å². The van der Waals surface area contributed by atoms with Gasteiger partial charge in [0.15, 0.2) is 0 Å². The van der Waals surface area contributed by atoms with Gasteiger partial charge in [-0.3, -0.25) is 0 Å². The molecule has 0 atom stereocenters. The van der Waals surface area contributed by atoms with Gasteiger partial charge in [-0.25, -0.2) is 0 Å². The first-order valence-electron chi connectivity index (χ1n) is 4.98. The molecule has 0 amide bonds. The fourth-order valence-corrected chi connectivity index (χ4v) is 2.64. The van der Waals surface area contributed by atoms with E-state index in [-0.39, 0.29) is 6.61 Å². The Hall–Kier alpha value is -1.12. The summed E-state index contributed by atoms with van der Waals surface area (Å²) in [6, 6.07) is 10.5. The molecular weight excluding hydrogens is 204 g/mol. The van der Waals surface area contributed by atoms with Crippen molar-refractivity contribution in [2.24, 2.45) is 0 Å². The van der Waals surface area contributed by atoms with Crippen LogP contribution in [0, 0.1) is 13.8 Å². The first-order chi connectivity index (χ1) is 7.20. The van der Waals surface area contributed by atoms with Crippen molar-refractivity contribution < 1.29 is 5.11 Å². The molecule has 0 unspecified atom stereocenters. The van der Waals surface area contributed by atoms with Crippen LogP contribution in [0.3, 0.4) is 0 Å². The number of hydrogen-bond donors (Lipinski definition) is 1. The molecule has 0 aliphatic rings. The van der Waals surface area contributed by atoms with Crippen molar-refractivity contribution in [1.29, 1.82) is 0 Å². The topological polar surface area (TPSA) is 20.2 Å². The maximum Gasteiger partial charge on any atom is 0.0774 e. The van der Waals surface area contributed by atoms with Crippen molar-refractivity contribution in [3.63, 3.8) is 0 Å². The van der Waals surface area contributed by atoms with Crippen molar-refractivity contribution in [1.82, 2.24) is 0 Å². The van der Waals surface area contributed by atoms with E-state index in [2.05, 4.69) is 44.2 Å². The smallest absolute Gasteiger partial charge is 0.0774 e. The van der Waals surface area contributed by atoms with Crippen molar-refractivity contribution in [3.05, 3.63) is 45.6 Å². The minimum absolute atomic E-state index is 0.136. The van der Waals surface area contributed by atoms with Gasteiger partial charge in [0.05, 0.1) is 6.61 Å². The molecule has 78 valence electrons. The van der Waals surface area contributed by atoms with Gasteiger partial charge in [0.25, 0.3) is 0 Å². The Bertz CT molecular complexity index is 471. The first-order valence-corrected chi connectivity index (χ1v) is 5.79. The number of thiophene rings is 1. The second kappa shape index (κ2) is 4.17. The lowest BCUT2D eigenvalue weighted by molar-refractivity contribution is 0.285. The number of benzene rings is 1. The van der Waals surface area contributed by atoms with E-state index in [0.29, 0.717) is 0 Å². The zero-order chi connectivity index (χ0) is 10.8. The van der Waals surface area contributed by atoms with E-state index in [1.54, 1.807) is 11.3 Å². The molecule has 1 aromatic heterocycles. The average Bonchev–Trinajstić information content (AvgIpc) is 2.60. The predicted molar refractivity (Wildman–Crippen MR) is 65.2 cm³/mol. The molecule has 0 fully saturated rings. The van der Waals surface area contributed by atoms with Gasteiger partial charge in [-0.1, -0.05) is 29.8 Å². The van der Waals surface area contributed by atoms with Gasteiger partial charge in [-0.2, -0.15) is 0 Å². The quantitative estimate of drug-likeness (QED) is 0.817. The van der Waals surface area contributed by atoms with Gasteiger partial charge >= 0.3 is 0 Å². The maximum absolute atomic E-state index is 9.09. The lowest BCUT2D eigenvalue weighted by Crippen LogP contribution is -1.78. The predicted octanol–water partition coefficient (Wildman–Crippen LogP) is 3.52. The molecule has 1 N–H and O–H groups in total. The monoisotopic (exact) mass is 218 g/mol. The molecule has 0 saturated carbocycles. The second-order valence-electron chi connectivity index (χ2n) is 3.71. The largest absolute Gasteiger partial charge is 0.391 e. The minimum Gasteiger partial charge on any atom is -0.391 e. The van der Waals surface area contributed by atoms with Crippen molar-refractivity contribution in [2.45, 2.75) is 20.5 Å². The summed E-state index contributed by atoms with van der Waals surface area (Å²) in [6.45, 7) is 4.33. The maximum atomic E-state index is 9.09. The van der Waals surface area contributed by atoms with Crippen LogP contribution < -0.4 is 0 Å². The van der Waals surface area contributed by atoms with Gasteiger partial charge in [-0.05, 0) is 31.0 Å². The van der Waals surface area contributed by atoms with E-state index in [9.17, 15) is 0 Å². The summed E-state index contributed by atoms with van der Waals surface area (Å²) in [6.07, 6.45) is 0. The second-order valence-corrected chi connectivity index (χ2v) is 5.05. The summed E-state index contributed by atoms with van der Waals surface area (Å²) in [4.78, 5) is 2.30. The average molecular weight is 218 g/mol. The molecule has 0 radical (unpaired) electrons. The van der Waals surface area contributed by atoms with E-state index in [0.717, 1.165) is 4.88 Å². The van der Waals surface area contributed by atoms with Gasteiger partial charge in [0, 0.05) is 9.75 Å². The van der Waals surface area contributed by atoms with Gasteiger partial charge in [0.2, 0.25) is 0 Å². The van der Waals surface area contributed by atoms with Crippen LogP contribution in [0.1, 0.15) is 15.3 Å². The molecule has 1 aromatic carbocycles. The fourth-order valence-electron chi connectivity index (χ4n) is 1.72. The molecule has 0 bridgehead atoms. The third-order valence-corrected chi connectivity index (χ3v) is 3.49. The first kappa shape index (κ1) is 10.4. The van der Waals surface area contributed by atoms with Crippen LogP contribution in [-0.2, 0) is 6.61 Å². The van der Waals surface area contributed by atoms with Crippen molar-refractivity contribution in [3.8, 4) is 11.1 Å². The highest BCUT2D eigenvalue weighted by Gasteiger charge is 2.06. The Morgan fingerprint density at radius 1 is 1.20 bits per heavy atom. The summed E-state index contributed by atoms with van der Waals surface area (Å²) in [7, 11) is 0. The van der Waals surface area contributed by atoms with E-state index in [1.165, 1.54) is 21.6 Å². The highest BCUT2D eigenvalue weighted by atomic mass is 32.1. The lowest BCUT2D eigenvalue weighted by Gasteiger charge is -2.00. The van der Waals surface area contributed by atoms with Crippen molar-refractivity contribution >= 4 is 11.3 Å². The van der Waals surface area contributed by atoms with Gasteiger partial charge in [-0.15, -0.1) is 11.3 Å². The van der Waals surface area contributed by atoms with Crippen LogP contribution in [-0.4, -0.2) is 5.11 Å². The van der Waals surface area contributed by atoms with Crippen LogP contribution in [0.25, 0.3) is 11.1 Å². The molecule has 1 nitrogen and oxygen atoms in total. The molecular formula is C13H14OS. The van der Waals surface area contributed by atoms with Crippen LogP contribution in [0.15, 0.2) is 30.3 Å². The third kappa shape index (κ3) is 2.11. The Kier molecular flexibility index (Phi) is 2.89. The fraction of sp³-hybridized carbons (Fsp3) is 0.231. The Morgan fingerprint density at radius 3 is 2.60 bits per heavy atom. The van der Waals surface area contributed by atoms with Crippen LogP contribution >= 0.6 is 11.3 Å². The number of rotatable bonds is 2. The Labute approximate surface area is 94.0 Å². The molecule has 0 spiro atoms. The van der Waals surface area contributed by atoms with Gasteiger partial charge < -0.3 is 5.11 Å². The summed E-state index contributed by atoms with van der Waals surface area (Å²) < 4.78 is 0. The number of hydrogen-bond acceptors (Lipinski definition) is 2. The number of aryl methyl sites for hydroxylation is 2. The van der Waals surface area contributed by atoms with Crippen LogP contribution in [0.2, 0.25) is 0 Å². The molecule has 15 heavy (non-hydrogen) atoms. The van der Waals surface area contributed by atoms with Crippen molar-refractivity contribution in [2.75, 3.05) is 0 Å². The third-order valence-electron chi connectivity index (χ3n) is 2.45. The summed E-state index contributed by atoms with van der Waals surface area (Å²) >= 11 is 1.67. The molecule has 0 aliphatic carbocycles. The van der Waals surface area contributed by atoms with E-state index < -0.39 is 0 Å². The van der Waals surface area contributed by atoms with E-state index in [4.69, 9.17) is 5.11 Å². The van der Waals surface area contributed by atoms with Crippen LogP contribution in [0.5, 0.6) is 0 Å². The van der Waals surface area contributed by atoms with E-state index in [1.807, 2.05) is 0 Å².